The Balaban J connectivity index is 1.37. The quantitative estimate of drug-likeness (QED) is 0.194. The van der Waals surface area contributed by atoms with E-state index < -0.39 is 0 Å². The number of nitrogens with zero attached hydrogens (tertiary/aromatic N) is 4. The molecule has 0 radical (unpaired) electrons. The summed E-state index contributed by atoms with van der Waals surface area (Å²) in [6.45, 7) is 0. The highest BCUT2D eigenvalue weighted by Gasteiger charge is 2.24. The summed E-state index contributed by atoms with van der Waals surface area (Å²) < 4.78 is 5.86. The zero-order valence-corrected chi connectivity index (χ0v) is 25.9. The molecule has 11 rings (SSSR count). The van der Waals surface area contributed by atoms with Gasteiger partial charge < -0.3 is 0 Å². The first kappa shape index (κ1) is 25.2. The third kappa shape index (κ3) is 3.36. The molecule has 4 aromatic heterocycles. The fraction of sp³-hybridized carbons (Fsp3) is 0. The van der Waals surface area contributed by atoms with Crippen LogP contribution in [0.1, 0.15) is 0 Å². The summed E-state index contributed by atoms with van der Waals surface area (Å²) in [6.07, 6.45) is 0. The number of aromatic nitrogens is 4. The second-order valence-electron chi connectivity index (χ2n) is 12.2. The molecule has 0 amide bonds. The van der Waals surface area contributed by atoms with Crippen molar-refractivity contribution in [3.8, 4) is 11.8 Å². The number of rotatable bonds is 2. The zero-order chi connectivity index (χ0) is 30.6. The fourth-order valence-electron chi connectivity index (χ4n) is 7.76. The van der Waals surface area contributed by atoms with Crippen molar-refractivity contribution in [2.45, 2.75) is 0 Å². The van der Waals surface area contributed by atoms with Crippen LogP contribution in [0.4, 0.5) is 0 Å². The van der Waals surface area contributed by atoms with Crippen molar-refractivity contribution in [1.82, 2.24) is 19.1 Å². The third-order valence-electron chi connectivity index (χ3n) is 9.74. The van der Waals surface area contributed by atoms with Crippen molar-refractivity contribution in [1.29, 1.82) is 0 Å². The van der Waals surface area contributed by atoms with Gasteiger partial charge in [-0.05, 0) is 40.4 Å². The van der Waals surface area contributed by atoms with Crippen molar-refractivity contribution in [2.75, 3.05) is 0 Å². The van der Waals surface area contributed by atoms with Crippen molar-refractivity contribution in [2.24, 2.45) is 0 Å². The molecule has 0 bridgehead atoms. The largest absolute Gasteiger partial charge is 0.293 e. The minimum absolute atomic E-state index is 0.674. The molecule has 0 aliphatic rings. The summed E-state index contributed by atoms with van der Waals surface area (Å²) in [5.74, 6) is 1.57. The predicted octanol–water partition coefficient (Wildman–Crippen LogP) is 11.3. The average Bonchev–Trinajstić information content (AvgIpc) is 3.79. The molecule has 0 N–H and O–H groups in total. The van der Waals surface area contributed by atoms with Crippen LogP contribution in [0.3, 0.4) is 0 Å². The molecule has 4 nitrogen and oxygen atoms in total. The van der Waals surface area contributed by atoms with Gasteiger partial charge in [0, 0.05) is 37.0 Å². The standard InChI is InChI=1S/C42H24N4S/c1-3-13-27-25(11-1)22-24-35-37(27)32-23-21-26-12-2-4-14-28(26)39(32)46(35)42-43-40(38-31-17-7-10-20-36(31)47-41(38)44-42)45-33-18-8-5-15-29(33)30-16-6-9-19-34(30)45/h1-24H. The highest BCUT2D eigenvalue weighted by Crippen LogP contribution is 2.43. The molecule has 0 fully saturated rings. The van der Waals surface area contributed by atoms with Gasteiger partial charge in [0.05, 0.1) is 27.5 Å². The Hall–Kier alpha value is -6.04. The van der Waals surface area contributed by atoms with Crippen LogP contribution in [-0.4, -0.2) is 19.1 Å². The molecule has 0 unspecified atom stereocenters. The van der Waals surface area contributed by atoms with E-state index in [-0.39, 0.29) is 0 Å². The van der Waals surface area contributed by atoms with Gasteiger partial charge in [-0.3, -0.25) is 9.13 Å². The second kappa shape index (κ2) is 9.25. The summed E-state index contributed by atoms with van der Waals surface area (Å²) in [4.78, 5) is 12.0. The number of hydrogen-bond donors (Lipinski definition) is 0. The Labute approximate surface area is 272 Å². The van der Waals surface area contributed by atoms with Crippen molar-refractivity contribution in [3.05, 3.63) is 146 Å². The van der Waals surface area contributed by atoms with Crippen LogP contribution in [0.2, 0.25) is 0 Å². The van der Waals surface area contributed by atoms with Crippen LogP contribution in [0, 0.1) is 0 Å². The molecule has 0 aliphatic heterocycles. The monoisotopic (exact) mass is 616 g/mol. The lowest BCUT2D eigenvalue weighted by Crippen LogP contribution is -2.06. The molecule has 218 valence electrons. The average molecular weight is 617 g/mol. The highest BCUT2D eigenvalue weighted by molar-refractivity contribution is 7.25. The molecule has 47 heavy (non-hydrogen) atoms. The first-order valence-corrected chi connectivity index (χ1v) is 16.7. The zero-order valence-electron chi connectivity index (χ0n) is 25.1. The van der Waals surface area contributed by atoms with E-state index in [4.69, 9.17) is 9.97 Å². The topological polar surface area (TPSA) is 35.6 Å². The van der Waals surface area contributed by atoms with Crippen LogP contribution in [0.15, 0.2) is 146 Å². The number of para-hydroxylation sites is 2. The number of thiophene rings is 1. The molecule has 0 spiro atoms. The predicted molar refractivity (Wildman–Crippen MR) is 199 cm³/mol. The van der Waals surface area contributed by atoms with E-state index in [0.717, 1.165) is 38.1 Å². The smallest absolute Gasteiger partial charge is 0.238 e. The van der Waals surface area contributed by atoms with Gasteiger partial charge in [-0.1, -0.05) is 121 Å². The molecule has 0 saturated heterocycles. The highest BCUT2D eigenvalue weighted by atomic mass is 32.1. The molecule has 0 aliphatic carbocycles. The molecular weight excluding hydrogens is 593 g/mol. The van der Waals surface area contributed by atoms with E-state index >= 15 is 0 Å². The normalized spacial score (nSPS) is 12.3. The molecule has 11 aromatic rings. The van der Waals surface area contributed by atoms with Gasteiger partial charge >= 0.3 is 0 Å². The summed E-state index contributed by atoms with van der Waals surface area (Å²) in [5, 5.41) is 11.9. The van der Waals surface area contributed by atoms with Crippen molar-refractivity contribution in [3.63, 3.8) is 0 Å². The lowest BCUT2D eigenvalue weighted by molar-refractivity contribution is 0.978. The molecule has 5 heteroatoms. The summed E-state index contributed by atoms with van der Waals surface area (Å²) in [7, 11) is 0. The van der Waals surface area contributed by atoms with E-state index in [2.05, 4.69) is 155 Å². The van der Waals surface area contributed by atoms with Gasteiger partial charge in [0.2, 0.25) is 5.95 Å². The van der Waals surface area contributed by atoms with Crippen LogP contribution in [-0.2, 0) is 0 Å². The van der Waals surface area contributed by atoms with Gasteiger partial charge in [0.1, 0.15) is 4.83 Å². The fourth-order valence-corrected chi connectivity index (χ4v) is 8.83. The lowest BCUT2D eigenvalue weighted by atomic mass is 10.0. The Morgan fingerprint density at radius 1 is 0.404 bits per heavy atom. The van der Waals surface area contributed by atoms with Gasteiger partial charge in [0.25, 0.3) is 0 Å². The first-order valence-electron chi connectivity index (χ1n) is 15.9. The van der Waals surface area contributed by atoms with E-state index in [1.54, 1.807) is 11.3 Å². The van der Waals surface area contributed by atoms with Gasteiger partial charge in [0.15, 0.2) is 5.82 Å². The second-order valence-corrected chi connectivity index (χ2v) is 13.2. The number of hydrogen-bond acceptors (Lipinski definition) is 3. The van der Waals surface area contributed by atoms with Crippen LogP contribution >= 0.6 is 11.3 Å². The molecule has 4 heterocycles. The van der Waals surface area contributed by atoms with Crippen LogP contribution in [0.25, 0.3) is 97.2 Å². The summed E-state index contributed by atoms with van der Waals surface area (Å²) in [5.41, 5.74) is 4.49. The third-order valence-corrected chi connectivity index (χ3v) is 10.8. The Kier molecular flexibility index (Phi) is 4.96. The SMILES string of the molecule is c1ccc2c(c1)ccc1c2c2ccc3ccccc3c2n1-c1nc(-n2c3ccccc3c3ccccc32)c2c(n1)sc1ccccc12. The Morgan fingerprint density at radius 2 is 1.00 bits per heavy atom. The molecule has 0 atom stereocenters. The summed E-state index contributed by atoms with van der Waals surface area (Å²) in [6, 6.07) is 52.2. The van der Waals surface area contributed by atoms with E-state index in [1.807, 2.05) is 0 Å². The maximum Gasteiger partial charge on any atom is 0.238 e. The number of fused-ring (bicyclic) bond motifs is 13. The van der Waals surface area contributed by atoms with E-state index in [0.29, 0.717) is 5.95 Å². The lowest BCUT2D eigenvalue weighted by Gasteiger charge is -2.13. The van der Waals surface area contributed by atoms with Gasteiger partial charge in [-0.25, -0.2) is 4.98 Å². The van der Waals surface area contributed by atoms with Crippen molar-refractivity contribution >= 4 is 96.8 Å². The molecule has 0 saturated carbocycles. The van der Waals surface area contributed by atoms with Crippen LogP contribution < -0.4 is 0 Å². The minimum Gasteiger partial charge on any atom is -0.293 e. The summed E-state index contributed by atoms with van der Waals surface area (Å²) >= 11 is 1.73. The van der Waals surface area contributed by atoms with Gasteiger partial charge in [-0.2, -0.15) is 4.98 Å². The van der Waals surface area contributed by atoms with Gasteiger partial charge in [-0.15, -0.1) is 11.3 Å². The van der Waals surface area contributed by atoms with E-state index in [9.17, 15) is 0 Å². The minimum atomic E-state index is 0.674. The maximum absolute atomic E-state index is 5.62. The van der Waals surface area contributed by atoms with Crippen molar-refractivity contribution < 1.29 is 0 Å². The maximum atomic E-state index is 5.62. The number of benzene rings is 7. The molecule has 7 aromatic carbocycles. The Morgan fingerprint density at radius 3 is 1.77 bits per heavy atom. The van der Waals surface area contributed by atoms with Crippen LogP contribution in [0.5, 0.6) is 0 Å². The molecular formula is C42H24N4S. The van der Waals surface area contributed by atoms with E-state index in [1.165, 1.54) is 53.2 Å². The Bertz CT molecular complexity index is 3030. The first-order chi connectivity index (χ1) is 23.3.